The molecule has 152 valence electrons. The zero-order valence-corrected chi connectivity index (χ0v) is 16.7. The van der Waals surface area contributed by atoms with E-state index < -0.39 is 17.7 Å². The summed E-state index contributed by atoms with van der Waals surface area (Å²) in [4.78, 5) is 22.7. The van der Waals surface area contributed by atoms with Crippen LogP contribution in [0.2, 0.25) is 0 Å². The van der Waals surface area contributed by atoms with Crippen molar-refractivity contribution in [3.63, 3.8) is 0 Å². The van der Waals surface area contributed by atoms with Crippen LogP contribution in [0.25, 0.3) is 0 Å². The number of ketones is 1. The lowest BCUT2D eigenvalue weighted by molar-refractivity contribution is -0.137. The fourth-order valence-corrected chi connectivity index (χ4v) is 3.31. The maximum absolute atomic E-state index is 12.2. The normalized spacial score (nSPS) is 25.2. The van der Waals surface area contributed by atoms with Gasteiger partial charge in [0.05, 0.1) is 11.7 Å². The molecule has 4 atom stereocenters. The summed E-state index contributed by atoms with van der Waals surface area (Å²) in [6, 6.07) is 0. The van der Waals surface area contributed by atoms with Gasteiger partial charge in [-0.3, -0.25) is 9.59 Å². The summed E-state index contributed by atoms with van der Waals surface area (Å²) in [5.41, 5.74) is 0.232. The van der Waals surface area contributed by atoms with Crippen LogP contribution in [0, 0.1) is 11.8 Å². The highest BCUT2D eigenvalue weighted by molar-refractivity contribution is 5.84. The van der Waals surface area contributed by atoms with E-state index in [-0.39, 0.29) is 30.5 Å². The second kappa shape index (κ2) is 11.2. The summed E-state index contributed by atoms with van der Waals surface area (Å²) < 4.78 is 0. The molecule has 0 radical (unpaired) electrons. The lowest BCUT2D eigenvalue weighted by Crippen LogP contribution is -2.23. The Hall–Kier alpha value is -1.72. The minimum Gasteiger partial charge on any atom is -0.481 e. The van der Waals surface area contributed by atoms with Crippen LogP contribution in [0.15, 0.2) is 36.0 Å². The number of carboxylic acid groups (broad SMARTS) is 1. The minimum atomic E-state index is -0.978. The van der Waals surface area contributed by atoms with Gasteiger partial charge in [0.15, 0.2) is 0 Å². The van der Waals surface area contributed by atoms with Crippen molar-refractivity contribution in [2.45, 2.75) is 77.4 Å². The van der Waals surface area contributed by atoms with Gasteiger partial charge in [0.1, 0.15) is 5.78 Å². The summed E-state index contributed by atoms with van der Waals surface area (Å²) >= 11 is 0. The van der Waals surface area contributed by atoms with Gasteiger partial charge in [-0.25, -0.2) is 0 Å². The van der Waals surface area contributed by atoms with Gasteiger partial charge in [-0.05, 0) is 52.9 Å². The summed E-state index contributed by atoms with van der Waals surface area (Å²) in [7, 11) is 0. The van der Waals surface area contributed by atoms with Gasteiger partial charge < -0.3 is 15.3 Å². The molecule has 0 heterocycles. The van der Waals surface area contributed by atoms with E-state index in [1.54, 1.807) is 19.1 Å². The Morgan fingerprint density at radius 3 is 2.59 bits per heavy atom. The Bertz CT molecular complexity index is 582. The third-order valence-electron chi connectivity index (χ3n) is 4.93. The Morgan fingerprint density at radius 1 is 1.26 bits per heavy atom. The molecule has 27 heavy (non-hydrogen) atoms. The maximum atomic E-state index is 12.2. The molecule has 1 unspecified atom stereocenters. The van der Waals surface area contributed by atoms with Crippen molar-refractivity contribution in [3.8, 4) is 0 Å². The van der Waals surface area contributed by atoms with Crippen molar-refractivity contribution in [1.29, 1.82) is 0 Å². The van der Waals surface area contributed by atoms with Crippen LogP contribution < -0.4 is 0 Å². The average molecular weight is 379 g/mol. The predicted molar refractivity (Wildman–Crippen MR) is 106 cm³/mol. The second-order valence-corrected chi connectivity index (χ2v) is 7.95. The molecule has 0 spiro atoms. The number of hydrogen-bond acceptors (Lipinski definition) is 4. The molecule has 1 rings (SSSR count). The fraction of sp³-hybridized carbons (Fsp3) is 0.636. The van der Waals surface area contributed by atoms with Gasteiger partial charge in [0.2, 0.25) is 0 Å². The number of carboxylic acids is 1. The largest absolute Gasteiger partial charge is 0.481 e. The average Bonchev–Trinajstić information content (AvgIpc) is 2.81. The molecule has 0 aromatic heterocycles. The molecule has 1 aliphatic rings. The Kier molecular flexibility index (Phi) is 9.67. The molecule has 5 nitrogen and oxygen atoms in total. The van der Waals surface area contributed by atoms with E-state index in [2.05, 4.69) is 6.08 Å². The van der Waals surface area contributed by atoms with E-state index in [4.69, 9.17) is 5.11 Å². The molecule has 1 aliphatic carbocycles. The van der Waals surface area contributed by atoms with Gasteiger partial charge in [-0.1, -0.05) is 36.0 Å². The summed E-state index contributed by atoms with van der Waals surface area (Å²) in [6.07, 6.45) is 12.1. The van der Waals surface area contributed by atoms with Crippen LogP contribution in [0.4, 0.5) is 0 Å². The molecule has 0 saturated heterocycles. The van der Waals surface area contributed by atoms with E-state index in [0.717, 1.165) is 6.42 Å². The number of hydrogen-bond donors (Lipinski definition) is 3. The first kappa shape index (κ1) is 23.3. The second-order valence-electron chi connectivity index (χ2n) is 7.95. The van der Waals surface area contributed by atoms with Crippen LogP contribution in [0.3, 0.4) is 0 Å². The molecule has 0 aromatic rings. The number of unbranched alkanes of at least 4 members (excludes halogenated alkanes) is 1. The third kappa shape index (κ3) is 9.16. The molecule has 0 aliphatic heterocycles. The highest BCUT2D eigenvalue weighted by Crippen LogP contribution is 2.34. The van der Waals surface area contributed by atoms with Gasteiger partial charge in [0.25, 0.3) is 0 Å². The predicted octanol–water partition coefficient (Wildman–Crippen LogP) is 3.81. The standard InChI is InChI=1S/C22H34O5/c1-16(2)9-8-13-22(3,27)14-12-18-17(19(23)15-20(18)24)10-6-4-5-7-11-21(25)26/h4,6,9,12,14,17-18,20,24,27H,5,7-8,10-11,13,15H2,1-3H3,(H,25,26)/b6-4-,14-12+/t17-,18-,20-,22?/m1/s1. The fourth-order valence-electron chi connectivity index (χ4n) is 3.31. The van der Waals surface area contributed by atoms with E-state index in [1.807, 2.05) is 26.0 Å². The molecule has 0 amide bonds. The number of carbonyl (C=O) groups is 2. The minimum absolute atomic E-state index is 0.0384. The van der Waals surface area contributed by atoms with Gasteiger partial charge in [0, 0.05) is 24.7 Å². The Labute approximate surface area is 162 Å². The molecule has 3 N–H and O–H groups in total. The van der Waals surface area contributed by atoms with E-state index in [1.165, 1.54) is 5.57 Å². The number of carbonyl (C=O) groups excluding carboxylic acids is 1. The molecule has 1 saturated carbocycles. The highest BCUT2D eigenvalue weighted by atomic mass is 16.4. The number of aliphatic hydroxyl groups is 2. The number of rotatable bonds is 11. The summed E-state index contributed by atoms with van der Waals surface area (Å²) in [5.74, 6) is -1.35. The quantitative estimate of drug-likeness (QED) is 0.375. The lowest BCUT2D eigenvalue weighted by atomic mass is 9.88. The Balaban J connectivity index is 2.62. The van der Waals surface area contributed by atoms with Crippen LogP contribution in [0.5, 0.6) is 0 Å². The first-order valence-corrected chi connectivity index (χ1v) is 9.75. The molecule has 0 aromatic carbocycles. The molecule has 1 fully saturated rings. The smallest absolute Gasteiger partial charge is 0.303 e. The van der Waals surface area contributed by atoms with Crippen molar-refractivity contribution in [3.05, 3.63) is 36.0 Å². The summed E-state index contributed by atoms with van der Waals surface area (Å²) in [5, 5.41) is 29.3. The molecule has 0 bridgehead atoms. The van der Waals surface area contributed by atoms with Crippen molar-refractivity contribution >= 4 is 11.8 Å². The lowest BCUT2D eigenvalue weighted by Gasteiger charge is -2.21. The molecular formula is C22H34O5. The van der Waals surface area contributed by atoms with E-state index in [0.29, 0.717) is 25.7 Å². The van der Waals surface area contributed by atoms with Gasteiger partial charge in [-0.15, -0.1) is 0 Å². The van der Waals surface area contributed by atoms with E-state index >= 15 is 0 Å². The number of Topliss-reactive ketones (excluding diaryl/α,β-unsaturated/α-hetero) is 1. The molecule has 5 heteroatoms. The van der Waals surface area contributed by atoms with Crippen LogP contribution in [-0.2, 0) is 9.59 Å². The van der Waals surface area contributed by atoms with Gasteiger partial charge >= 0.3 is 5.97 Å². The zero-order chi connectivity index (χ0) is 20.4. The number of allylic oxidation sites excluding steroid dienone is 4. The van der Waals surface area contributed by atoms with Crippen LogP contribution >= 0.6 is 0 Å². The van der Waals surface area contributed by atoms with Gasteiger partial charge in [-0.2, -0.15) is 0 Å². The monoisotopic (exact) mass is 378 g/mol. The maximum Gasteiger partial charge on any atom is 0.303 e. The van der Waals surface area contributed by atoms with Crippen molar-refractivity contribution < 1.29 is 24.9 Å². The van der Waals surface area contributed by atoms with Crippen LogP contribution in [-0.4, -0.2) is 38.8 Å². The number of aliphatic carboxylic acids is 1. The first-order valence-electron chi connectivity index (χ1n) is 9.75. The van der Waals surface area contributed by atoms with Crippen molar-refractivity contribution in [1.82, 2.24) is 0 Å². The third-order valence-corrected chi connectivity index (χ3v) is 4.93. The van der Waals surface area contributed by atoms with Crippen LogP contribution in [0.1, 0.15) is 65.7 Å². The summed E-state index contributed by atoms with van der Waals surface area (Å²) in [6.45, 7) is 5.78. The SMILES string of the molecule is CC(C)=CCCC(C)(O)/C=C/[C@H]1[C@H](O)CC(=O)[C@@H]1C/C=C\CCCC(=O)O. The highest BCUT2D eigenvalue weighted by Gasteiger charge is 2.39. The molecular weight excluding hydrogens is 344 g/mol. The zero-order valence-electron chi connectivity index (χ0n) is 16.7. The first-order chi connectivity index (χ1) is 12.6. The van der Waals surface area contributed by atoms with Crippen molar-refractivity contribution in [2.75, 3.05) is 0 Å². The number of aliphatic hydroxyl groups excluding tert-OH is 1. The Morgan fingerprint density at radius 2 is 1.96 bits per heavy atom. The topological polar surface area (TPSA) is 94.8 Å². The van der Waals surface area contributed by atoms with Crippen molar-refractivity contribution in [2.24, 2.45) is 11.8 Å². The van der Waals surface area contributed by atoms with E-state index in [9.17, 15) is 19.8 Å².